The van der Waals surface area contributed by atoms with E-state index in [0.29, 0.717) is 11.3 Å². The number of sulfonamides is 1. The summed E-state index contributed by atoms with van der Waals surface area (Å²) >= 11 is 0.529. The third-order valence-electron chi connectivity index (χ3n) is 6.41. The molecular weight excluding hydrogens is 618 g/mol. The van der Waals surface area contributed by atoms with Crippen LogP contribution in [0, 0.1) is 0 Å². The van der Waals surface area contributed by atoms with Gasteiger partial charge in [-0.3, -0.25) is 14.4 Å². The van der Waals surface area contributed by atoms with Crippen LogP contribution in [-0.2, 0) is 58.0 Å². The molecule has 18 heteroatoms. The molecule has 2 amide bonds. The Morgan fingerprint density at radius 3 is 2.07 bits per heavy atom. The van der Waals surface area contributed by atoms with Gasteiger partial charge in [-0.25, -0.2) is 31.6 Å². The molecule has 236 valence electrons. The number of hydrogen-bond acceptors (Lipinski definition) is 13. The molecule has 1 aliphatic heterocycles. The first kappa shape index (κ1) is 35.1. The minimum atomic E-state index is -4.20. The highest BCUT2D eigenvalue weighted by Gasteiger charge is 2.42. The Bertz CT molecular complexity index is 1450. The Morgan fingerprint density at radius 1 is 1.05 bits per heavy atom. The van der Waals surface area contributed by atoms with Crippen LogP contribution in [0.1, 0.15) is 59.6 Å². The van der Waals surface area contributed by atoms with E-state index in [0.717, 1.165) is 17.9 Å². The number of likely N-dealkylation sites (N-methyl/N-ethyl adjacent to an activating group) is 2. The lowest BCUT2D eigenvalue weighted by atomic mass is 10.0. The van der Waals surface area contributed by atoms with Crippen LogP contribution in [0.5, 0.6) is 0 Å². The minimum absolute atomic E-state index is 0.00589. The second-order valence-electron chi connectivity index (χ2n) is 9.74. The van der Waals surface area contributed by atoms with Crippen molar-refractivity contribution in [2.45, 2.75) is 86.0 Å². The molecule has 0 aliphatic carbocycles. The largest absolute Gasteiger partial charge is 0.451 e. The second-order valence-corrected chi connectivity index (χ2v) is 15.1. The zero-order valence-corrected chi connectivity index (χ0v) is 26.6. The number of nitrogens with two attached hydrogens (primary N) is 1. The molecule has 1 aliphatic rings. The predicted molar refractivity (Wildman–Crippen MR) is 147 cm³/mol. The fourth-order valence-corrected chi connectivity index (χ4v) is 8.59. The van der Waals surface area contributed by atoms with Gasteiger partial charge >= 0.3 is 17.9 Å². The van der Waals surface area contributed by atoms with Crippen molar-refractivity contribution < 1.29 is 55.0 Å². The van der Waals surface area contributed by atoms with Gasteiger partial charge in [0, 0.05) is 26.1 Å². The standard InChI is InChI=1S/C24H35N3O12S3/c1-8-27(18-9-12(2)41(33,34)24-17(18)10-20(40-24)42(25,35)36)19(29)11-26(7)21(30)13(3)38-23(32)15(5)39-22(31)14(4)37-16(6)28/h10,12-15,18H,8-9,11H2,1-7H3,(H2,25,35,36)/t12-,13-,14-,15-,18-/m0/s1. The highest BCUT2D eigenvalue weighted by molar-refractivity contribution is 7.95. The van der Waals surface area contributed by atoms with Gasteiger partial charge in [-0.15, -0.1) is 11.3 Å². The summed E-state index contributed by atoms with van der Waals surface area (Å²) in [6.07, 6.45) is -4.08. The van der Waals surface area contributed by atoms with Crippen molar-refractivity contribution in [1.82, 2.24) is 9.80 Å². The number of amides is 2. The second kappa shape index (κ2) is 13.5. The molecule has 1 aromatic heterocycles. The van der Waals surface area contributed by atoms with E-state index in [1.807, 2.05) is 0 Å². The maximum Gasteiger partial charge on any atom is 0.347 e. The van der Waals surface area contributed by atoms with Crippen LogP contribution >= 0.6 is 11.3 Å². The van der Waals surface area contributed by atoms with Gasteiger partial charge in [0.1, 0.15) is 8.42 Å². The molecule has 1 aromatic rings. The average molecular weight is 654 g/mol. The van der Waals surface area contributed by atoms with Crippen LogP contribution in [0.4, 0.5) is 0 Å². The summed E-state index contributed by atoms with van der Waals surface area (Å²) in [4.78, 5) is 63.9. The number of hydrogen-bond donors (Lipinski definition) is 1. The van der Waals surface area contributed by atoms with Crippen LogP contribution in [0.15, 0.2) is 14.5 Å². The van der Waals surface area contributed by atoms with Gasteiger partial charge in [0.2, 0.25) is 15.9 Å². The quantitative estimate of drug-likeness (QED) is 0.249. The van der Waals surface area contributed by atoms with E-state index in [4.69, 9.17) is 14.6 Å². The maximum atomic E-state index is 13.3. The topological polar surface area (TPSA) is 214 Å². The van der Waals surface area contributed by atoms with Crippen LogP contribution in [-0.4, -0.2) is 100 Å². The predicted octanol–water partition coefficient (Wildman–Crippen LogP) is 0.124. The molecule has 0 radical (unpaired) electrons. The first-order valence-corrected chi connectivity index (χ1v) is 16.7. The fourth-order valence-electron chi connectivity index (χ4n) is 4.19. The molecule has 0 fully saturated rings. The number of fused-ring (bicyclic) bond motifs is 1. The SMILES string of the molecule is CCN(C(=O)CN(C)C(=O)[C@H](C)OC(=O)[C@H](C)OC(=O)[C@H](C)OC(C)=O)[C@H]1C[C@H](C)S(=O)(=O)c2sc(S(N)(=O)=O)cc21. The lowest BCUT2D eigenvalue weighted by molar-refractivity contribution is -0.179. The van der Waals surface area contributed by atoms with E-state index < -0.39 is 85.7 Å². The first-order chi connectivity index (χ1) is 19.2. The maximum absolute atomic E-state index is 13.3. The van der Waals surface area contributed by atoms with Crippen molar-refractivity contribution in [2.75, 3.05) is 20.1 Å². The summed E-state index contributed by atoms with van der Waals surface area (Å²) in [5.41, 5.74) is 0.139. The normalized spacial score (nSPS) is 19.8. The average Bonchev–Trinajstić information content (AvgIpc) is 3.34. The molecule has 0 saturated carbocycles. The molecule has 5 atom stereocenters. The summed E-state index contributed by atoms with van der Waals surface area (Å²) in [5, 5.41) is 4.30. The third kappa shape index (κ3) is 8.05. The number of primary sulfonamides is 1. The Labute approximate surface area is 248 Å². The summed E-state index contributed by atoms with van der Waals surface area (Å²) in [6, 6.07) is 0.364. The van der Waals surface area contributed by atoms with Gasteiger partial charge in [-0.1, -0.05) is 0 Å². The zero-order valence-electron chi connectivity index (χ0n) is 24.2. The van der Waals surface area contributed by atoms with Crippen molar-refractivity contribution in [3.8, 4) is 0 Å². The number of carbonyl (C=O) groups excluding carboxylic acids is 5. The lowest BCUT2D eigenvalue weighted by Crippen LogP contribution is -2.47. The number of sulfone groups is 1. The monoisotopic (exact) mass is 653 g/mol. The molecule has 0 aromatic carbocycles. The number of esters is 3. The third-order valence-corrected chi connectivity index (χ3v) is 11.7. The summed E-state index contributed by atoms with van der Waals surface area (Å²) < 4.78 is 63.8. The molecule has 15 nitrogen and oxygen atoms in total. The highest BCUT2D eigenvalue weighted by Crippen LogP contribution is 2.45. The molecule has 0 spiro atoms. The number of thiophene rings is 1. The Hall–Kier alpha value is -3.09. The number of carbonyl (C=O) groups is 5. The van der Waals surface area contributed by atoms with Crippen LogP contribution < -0.4 is 5.14 Å². The van der Waals surface area contributed by atoms with Gasteiger partial charge in [-0.2, -0.15) is 0 Å². The molecule has 0 saturated heterocycles. The molecule has 2 N–H and O–H groups in total. The molecular formula is C24H35N3O12S3. The molecule has 42 heavy (non-hydrogen) atoms. The van der Waals surface area contributed by atoms with Gasteiger partial charge in [0.15, 0.2) is 28.1 Å². The van der Waals surface area contributed by atoms with Crippen LogP contribution in [0.25, 0.3) is 0 Å². The Morgan fingerprint density at radius 2 is 1.57 bits per heavy atom. The summed E-state index contributed by atoms with van der Waals surface area (Å²) in [5.74, 6) is -4.10. The molecule has 2 rings (SSSR count). The van der Waals surface area contributed by atoms with E-state index in [9.17, 15) is 40.8 Å². The highest BCUT2D eigenvalue weighted by atomic mass is 32.3. The van der Waals surface area contributed by atoms with Crippen molar-refractivity contribution in [3.05, 3.63) is 11.6 Å². The number of nitrogens with zero attached hydrogens (tertiary/aromatic N) is 2. The van der Waals surface area contributed by atoms with E-state index in [1.165, 1.54) is 39.6 Å². The minimum Gasteiger partial charge on any atom is -0.451 e. The number of ether oxygens (including phenoxy) is 3. The summed E-state index contributed by atoms with van der Waals surface area (Å²) in [6.45, 7) is 7.56. The summed E-state index contributed by atoms with van der Waals surface area (Å²) in [7, 11) is -6.76. The smallest absolute Gasteiger partial charge is 0.347 e. The number of rotatable bonds is 11. The van der Waals surface area contributed by atoms with Gasteiger partial charge in [-0.05, 0) is 47.1 Å². The van der Waals surface area contributed by atoms with Gasteiger partial charge in [0.25, 0.3) is 5.91 Å². The first-order valence-electron chi connectivity index (χ1n) is 12.7. The van der Waals surface area contributed by atoms with Crippen LogP contribution in [0.2, 0.25) is 0 Å². The Balaban J connectivity index is 2.13. The van der Waals surface area contributed by atoms with Gasteiger partial charge < -0.3 is 24.0 Å². The van der Waals surface area contributed by atoms with Crippen molar-refractivity contribution in [1.29, 1.82) is 0 Å². The van der Waals surface area contributed by atoms with Crippen molar-refractivity contribution in [2.24, 2.45) is 5.14 Å². The lowest BCUT2D eigenvalue weighted by Gasteiger charge is -2.36. The molecule has 0 bridgehead atoms. The van der Waals surface area contributed by atoms with Crippen LogP contribution in [0.3, 0.4) is 0 Å². The zero-order chi connectivity index (χ0) is 32.3. The van der Waals surface area contributed by atoms with E-state index in [2.05, 4.69) is 4.74 Å². The van der Waals surface area contributed by atoms with E-state index in [1.54, 1.807) is 6.92 Å². The van der Waals surface area contributed by atoms with E-state index in [-0.39, 0.29) is 26.9 Å². The molecule has 0 unspecified atom stereocenters. The van der Waals surface area contributed by atoms with Crippen molar-refractivity contribution in [3.63, 3.8) is 0 Å². The Kier molecular flexibility index (Phi) is 11.3. The van der Waals surface area contributed by atoms with Gasteiger partial charge in [0.05, 0.1) is 17.8 Å². The van der Waals surface area contributed by atoms with E-state index >= 15 is 0 Å². The van der Waals surface area contributed by atoms with Crippen molar-refractivity contribution >= 4 is 60.9 Å². The fraction of sp³-hybridized carbons (Fsp3) is 0.625. The molecule has 2 heterocycles.